The van der Waals surface area contributed by atoms with E-state index in [-0.39, 0.29) is 34.6 Å². The maximum atomic E-state index is 11.2. The van der Waals surface area contributed by atoms with E-state index < -0.39 is 17.6 Å². The van der Waals surface area contributed by atoms with Gasteiger partial charge in [0.1, 0.15) is 0 Å². The van der Waals surface area contributed by atoms with Gasteiger partial charge in [0.05, 0.1) is 34.3 Å². The number of nitro groups is 1. The molecule has 1 atom stereocenters. The van der Waals surface area contributed by atoms with Crippen LogP contribution in [0.3, 0.4) is 0 Å². The largest absolute Gasteiger partial charge is 0.481 e. The minimum Gasteiger partial charge on any atom is -0.481 e. The summed E-state index contributed by atoms with van der Waals surface area (Å²) in [5, 5.41) is 31.6. The Morgan fingerprint density at radius 3 is 2.95 bits per heavy atom. The molecule has 0 bridgehead atoms. The number of anilines is 1. The minimum atomic E-state index is -0.971. The molecule has 0 saturated carbocycles. The molecule has 3 N–H and O–H groups in total. The maximum Gasteiger partial charge on any atom is 0.286 e. The minimum absolute atomic E-state index is 0.102. The smallest absolute Gasteiger partial charge is 0.286 e. The zero-order valence-corrected chi connectivity index (χ0v) is 11.1. The summed E-state index contributed by atoms with van der Waals surface area (Å²) in [4.78, 5) is 22.0. The van der Waals surface area contributed by atoms with Crippen molar-refractivity contribution in [2.75, 3.05) is 24.3 Å². The lowest BCUT2D eigenvalue weighted by atomic mass is 10.2. The summed E-state index contributed by atoms with van der Waals surface area (Å²) >= 11 is 1.02. The number of aliphatic hydroxyl groups excluding tert-OH is 2. The third kappa shape index (κ3) is 3.18. The third-order valence-corrected chi connectivity index (χ3v) is 3.72. The van der Waals surface area contributed by atoms with Crippen LogP contribution >= 0.6 is 11.8 Å². The van der Waals surface area contributed by atoms with Gasteiger partial charge in [0, 0.05) is 5.75 Å². The molecule has 2 rings (SSSR count). The Kier molecular flexibility index (Phi) is 4.42. The Morgan fingerprint density at radius 1 is 1.55 bits per heavy atom. The molecule has 8 nitrogen and oxygen atoms in total. The van der Waals surface area contributed by atoms with Gasteiger partial charge in [-0.1, -0.05) is 0 Å². The van der Waals surface area contributed by atoms with Crippen LogP contribution < -0.4 is 10.1 Å². The van der Waals surface area contributed by atoms with E-state index in [1.165, 1.54) is 12.1 Å². The Balaban J connectivity index is 2.30. The van der Waals surface area contributed by atoms with Crippen LogP contribution in [0, 0.1) is 10.1 Å². The van der Waals surface area contributed by atoms with Gasteiger partial charge >= 0.3 is 0 Å². The molecule has 0 saturated heterocycles. The lowest BCUT2D eigenvalue weighted by Crippen LogP contribution is -2.25. The Labute approximate surface area is 117 Å². The summed E-state index contributed by atoms with van der Waals surface area (Å²) in [6.07, 6.45) is -0.971. The van der Waals surface area contributed by atoms with Gasteiger partial charge in [0.25, 0.3) is 11.6 Å². The van der Waals surface area contributed by atoms with Crippen molar-refractivity contribution >= 4 is 29.0 Å². The number of benzene rings is 1. The van der Waals surface area contributed by atoms with E-state index >= 15 is 0 Å². The number of carbonyl (C=O) groups excluding carboxylic acids is 1. The average molecular weight is 300 g/mol. The quantitative estimate of drug-likeness (QED) is 0.408. The van der Waals surface area contributed by atoms with Crippen molar-refractivity contribution in [3.8, 4) is 5.75 Å². The van der Waals surface area contributed by atoms with Crippen molar-refractivity contribution in [2.45, 2.75) is 11.0 Å². The second-order valence-corrected chi connectivity index (χ2v) is 5.12. The van der Waals surface area contributed by atoms with Crippen molar-refractivity contribution in [3.05, 3.63) is 22.2 Å². The van der Waals surface area contributed by atoms with Gasteiger partial charge in [-0.15, -0.1) is 11.8 Å². The van der Waals surface area contributed by atoms with E-state index in [9.17, 15) is 20.0 Å². The van der Waals surface area contributed by atoms with E-state index in [1.54, 1.807) is 0 Å². The van der Waals surface area contributed by atoms with Crippen LogP contribution in [0.2, 0.25) is 0 Å². The van der Waals surface area contributed by atoms with E-state index in [0.717, 1.165) is 11.8 Å². The highest BCUT2D eigenvalue weighted by Gasteiger charge is 2.24. The van der Waals surface area contributed by atoms with Crippen LogP contribution in [0.15, 0.2) is 17.0 Å². The Bertz CT molecular complexity index is 550. The number of aliphatic hydroxyl groups is 2. The first-order chi connectivity index (χ1) is 9.51. The molecule has 9 heteroatoms. The molecule has 20 heavy (non-hydrogen) atoms. The monoisotopic (exact) mass is 300 g/mol. The lowest BCUT2D eigenvalue weighted by molar-refractivity contribution is -0.387. The fourth-order valence-corrected chi connectivity index (χ4v) is 2.55. The fourth-order valence-electron chi connectivity index (χ4n) is 1.59. The first-order valence-electron chi connectivity index (χ1n) is 5.68. The van der Waals surface area contributed by atoms with Gasteiger partial charge < -0.3 is 20.3 Å². The zero-order valence-electron chi connectivity index (χ0n) is 10.2. The molecule has 1 heterocycles. The van der Waals surface area contributed by atoms with Gasteiger partial charge in [-0.3, -0.25) is 14.9 Å². The molecule has 1 amide bonds. The van der Waals surface area contributed by atoms with E-state index in [4.69, 9.17) is 9.84 Å². The predicted molar refractivity (Wildman–Crippen MR) is 71.0 cm³/mol. The van der Waals surface area contributed by atoms with Gasteiger partial charge in [0.2, 0.25) is 0 Å². The first kappa shape index (κ1) is 14.6. The number of nitrogens with one attached hydrogen (secondary N) is 1. The number of thioether (sulfide) groups is 1. The molecule has 0 aliphatic carbocycles. The van der Waals surface area contributed by atoms with Crippen LogP contribution in [-0.4, -0.2) is 46.1 Å². The van der Waals surface area contributed by atoms with Gasteiger partial charge in [-0.05, 0) is 6.07 Å². The first-order valence-corrected chi connectivity index (χ1v) is 6.66. The number of nitrogens with zero attached hydrogens (tertiary/aromatic N) is 1. The number of hydrogen-bond donors (Lipinski definition) is 3. The summed E-state index contributed by atoms with van der Waals surface area (Å²) in [6.45, 7) is -0.606. The fraction of sp³-hybridized carbons (Fsp3) is 0.364. The highest BCUT2D eigenvalue weighted by molar-refractivity contribution is 7.99. The number of nitro benzene ring substituents is 1. The van der Waals surface area contributed by atoms with Crippen molar-refractivity contribution in [1.82, 2.24) is 0 Å². The molecule has 0 radical (unpaired) electrons. The molecule has 1 aromatic carbocycles. The maximum absolute atomic E-state index is 11.2. The van der Waals surface area contributed by atoms with Crippen molar-refractivity contribution < 1.29 is 24.7 Å². The molecule has 108 valence electrons. The van der Waals surface area contributed by atoms with Crippen molar-refractivity contribution in [1.29, 1.82) is 0 Å². The standard InChI is InChI=1S/C11H12N2O6S/c14-3-6(15)5-20-10-1-7-9(2-8(10)13(17)18)19-4-11(16)12-7/h1-2,6,14-15H,3-5H2,(H,12,16). The number of rotatable bonds is 5. The SMILES string of the molecule is O=C1COc2cc([N+](=O)[O-])c(SCC(O)CO)cc2N1. The van der Waals surface area contributed by atoms with Crippen LogP contribution in [-0.2, 0) is 4.79 Å². The summed E-state index contributed by atoms with van der Waals surface area (Å²) in [5.74, 6) is 0.00587. The predicted octanol–water partition coefficient (Wildman–Crippen LogP) is 0.371. The second-order valence-electron chi connectivity index (χ2n) is 4.06. The van der Waals surface area contributed by atoms with Crippen LogP contribution in [0.25, 0.3) is 0 Å². The van der Waals surface area contributed by atoms with E-state index in [1.807, 2.05) is 0 Å². The molecule has 1 unspecified atom stereocenters. The van der Waals surface area contributed by atoms with Gasteiger partial charge in [0.15, 0.2) is 12.4 Å². The third-order valence-electron chi connectivity index (χ3n) is 2.53. The van der Waals surface area contributed by atoms with E-state index in [2.05, 4.69) is 5.32 Å². The summed E-state index contributed by atoms with van der Waals surface area (Å²) in [6, 6.07) is 2.67. The van der Waals surface area contributed by atoms with Crippen LogP contribution in [0.5, 0.6) is 5.75 Å². The lowest BCUT2D eigenvalue weighted by Gasteiger charge is -2.18. The number of ether oxygens (including phenoxy) is 1. The molecule has 1 aliphatic rings. The summed E-state index contributed by atoms with van der Waals surface area (Å²) < 4.78 is 5.11. The molecule has 1 aliphatic heterocycles. The average Bonchev–Trinajstić information content (AvgIpc) is 2.43. The van der Waals surface area contributed by atoms with Crippen molar-refractivity contribution in [3.63, 3.8) is 0 Å². The molecule has 0 fully saturated rings. The topological polar surface area (TPSA) is 122 Å². The second kappa shape index (κ2) is 6.07. The zero-order chi connectivity index (χ0) is 14.7. The normalized spacial score (nSPS) is 15.0. The molecule has 0 spiro atoms. The van der Waals surface area contributed by atoms with E-state index in [0.29, 0.717) is 5.69 Å². The Hall–Kier alpha value is -1.84. The highest BCUT2D eigenvalue weighted by Crippen LogP contribution is 2.39. The number of hydrogen-bond acceptors (Lipinski definition) is 7. The highest BCUT2D eigenvalue weighted by atomic mass is 32.2. The Morgan fingerprint density at radius 2 is 2.30 bits per heavy atom. The van der Waals surface area contributed by atoms with Gasteiger partial charge in [-0.25, -0.2) is 0 Å². The number of amides is 1. The molecular weight excluding hydrogens is 288 g/mol. The van der Waals surface area contributed by atoms with Crippen LogP contribution in [0.1, 0.15) is 0 Å². The summed E-state index contributed by atoms with van der Waals surface area (Å²) in [5.41, 5.74) is 0.183. The molecule has 1 aromatic rings. The van der Waals surface area contributed by atoms with Crippen molar-refractivity contribution in [2.24, 2.45) is 0 Å². The molecular formula is C11H12N2O6S. The molecule has 0 aromatic heterocycles. The van der Waals surface area contributed by atoms with Gasteiger partial charge in [-0.2, -0.15) is 0 Å². The number of carbonyl (C=O) groups is 1. The summed E-state index contributed by atoms with van der Waals surface area (Å²) in [7, 11) is 0. The number of fused-ring (bicyclic) bond motifs is 1. The van der Waals surface area contributed by atoms with Crippen LogP contribution in [0.4, 0.5) is 11.4 Å².